The minimum Gasteiger partial charge on any atom is -0.351 e. The molecule has 0 saturated heterocycles. The molecule has 0 spiro atoms. The summed E-state index contributed by atoms with van der Waals surface area (Å²) in [6.07, 6.45) is 12.5. The van der Waals surface area contributed by atoms with Gasteiger partial charge in [0.25, 0.3) is 11.8 Å². The molecule has 0 unspecified atom stereocenters. The quantitative estimate of drug-likeness (QED) is 0.134. The van der Waals surface area contributed by atoms with E-state index in [-0.39, 0.29) is 11.8 Å². The van der Waals surface area contributed by atoms with Crippen molar-refractivity contribution in [3.05, 3.63) is 107 Å². The van der Waals surface area contributed by atoms with Crippen molar-refractivity contribution in [2.45, 2.75) is 65.2 Å². The van der Waals surface area contributed by atoms with E-state index in [9.17, 15) is 9.59 Å². The lowest BCUT2D eigenvalue weighted by Gasteiger charge is -2.25. The van der Waals surface area contributed by atoms with E-state index < -0.39 is 0 Å². The third-order valence-corrected chi connectivity index (χ3v) is 9.45. The molecule has 0 fully saturated rings. The number of fused-ring (bicyclic) bond motifs is 1. The van der Waals surface area contributed by atoms with E-state index in [1.54, 1.807) is 0 Å². The SMILES string of the molecule is CCCCCCN1C(=O)C2=C(c3ccc(-c4cccn4C)cc3)N(CCCCCC)C(=O)C2=C1c1ccc(-c2cccn2C)cc1. The first kappa shape index (κ1) is 31.4. The fourth-order valence-corrected chi connectivity index (χ4v) is 6.94. The Labute approximate surface area is 273 Å². The van der Waals surface area contributed by atoms with Gasteiger partial charge in [-0.05, 0) is 59.4 Å². The van der Waals surface area contributed by atoms with Crippen LogP contribution in [0.1, 0.15) is 76.3 Å². The van der Waals surface area contributed by atoms with Crippen molar-refractivity contribution in [3.63, 3.8) is 0 Å². The molecule has 0 aliphatic carbocycles. The number of amides is 2. The standard InChI is InChI=1S/C40H46N4O2/c1-5-7-9-11-27-43-37(31-21-17-29(18-22-31)33-15-13-25-41(33)3)35-36(39(43)45)38(44(40(35)46)28-12-10-8-6-2)32-23-19-30(20-24-32)34-16-14-26-42(34)4/h13-26H,5-12,27-28H2,1-4H3. The minimum atomic E-state index is -0.0565. The molecule has 2 aromatic carbocycles. The van der Waals surface area contributed by atoms with Gasteiger partial charge in [-0.25, -0.2) is 0 Å². The number of aromatic nitrogens is 2. The van der Waals surface area contributed by atoms with Crippen LogP contribution in [0.5, 0.6) is 0 Å². The zero-order chi connectivity index (χ0) is 32.2. The van der Waals surface area contributed by atoms with Crippen LogP contribution in [0.4, 0.5) is 0 Å². The van der Waals surface area contributed by atoms with Crippen molar-refractivity contribution in [1.82, 2.24) is 18.9 Å². The van der Waals surface area contributed by atoms with Crippen LogP contribution in [0, 0.1) is 0 Å². The summed E-state index contributed by atoms with van der Waals surface area (Å²) in [6.45, 7) is 5.59. The molecule has 0 saturated carbocycles. The predicted molar refractivity (Wildman–Crippen MR) is 187 cm³/mol. The number of carbonyl (C=O) groups is 2. The van der Waals surface area contributed by atoms with Gasteiger partial charge in [-0.2, -0.15) is 0 Å². The Hall–Kier alpha value is -4.58. The normalized spacial score (nSPS) is 14.8. The Balaban J connectivity index is 1.46. The summed E-state index contributed by atoms with van der Waals surface area (Å²) in [5, 5.41) is 0. The Morgan fingerprint density at radius 2 is 0.848 bits per heavy atom. The lowest BCUT2D eigenvalue weighted by Crippen LogP contribution is -2.31. The number of hydrogen-bond donors (Lipinski definition) is 0. The van der Waals surface area contributed by atoms with Crippen LogP contribution in [0.15, 0.2) is 96.3 Å². The Morgan fingerprint density at radius 3 is 1.17 bits per heavy atom. The van der Waals surface area contributed by atoms with Gasteiger partial charge in [-0.3, -0.25) is 9.59 Å². The number of hydrogen-bond acceptors (Lipinski definition) is 2. The molecule has 6 heteroatoms. The zero-order valence-electron chi connectivity index (χ0n) is 27.8. The lowest BCUT2D eigenvalue weighted by molar-refractivity contribution is -0.124. The van der Waals surface area contributed by atoms with E-state index in [1.807, 2.05) is 48.4 Å². The summed E-state index contributed by atoms with van der Waals surface area (Å²) in [5.41, 5.74) is 8.91. The molecule has 2 aliphatic rings. The summed E-state index contributed by atoms with van der Waals surface area (Å²) < 4.78 is 4.20. The third-order valence-electron chi connectivity index (χ3n) is 9.45. The number of unbranched alkanes of at least 4 members (excludes halogenated alkanes) is 6. The number of benzene rings is 2. The molecule has 238 valence electrons. The summed E-state index contributed by atoms with van der Waals surface area (Å²) in [7, 11) is 4.08. The van der Waals surface area contributed by atoms with Crippen molar-refractivity contribution in [3.8, 4) is 22.5 Å². The van der Waals surface area contributed by atoms with Crippen molar-refractivity contribution < 1.29 is 9.59 Å². The van der Waals surface area contributed by atoms with Crippen LogP contribution in [0.25, 0.3) is 33.9 Å². The topological polar surface area (TPSA) is 50.5 Å². The van der Waals surface area contributed by atoms with Gasteiger partial charge in [0.1, 0.15) is 0 Å². The molecular formula is C40H46N4O2. The maximum Gasteiger partial charge on any atom is 0.261 e. The van der Waals surface area contributed by atoms with Crippen LogP contribution < -0.4 is 0 Å². The molecule has 0 bridgehead atoms. The first-order chi connectivity index (χ1) is 22.4. The molecule has 0 radical (unpaired) electrons. The van der Waals surface area contributed by atoms with E-state index in [1.165, 1.54) is 0 Å². The van der Waals surface area contributed by atoms with Crippen LogP contribution in [-0.2, 0) is 23.7 Å². The molecule has 6 rings (SSSR count). The Kier molecular flexibility index (Phi) is 9.43. The van der Waals surface area contributed by atoms with Gasteiger partial charge in [-0.15, -0.1) is 0 Å². The molecule has 0 atom stereocenters. The van der Waals surface area contributed by atoms with Crippen LogP contribution in [0.2, 0.25) is 0 Å². The largest absolute Gasteiger partial charge is 0.351 e. The molecular weight excluding hydrogens is 568 g/mol. The lowest BCUT2D eigenvalue weighted by atomic mass is 10.00. The fraction of sp³-hybridized carbons (Fsp3) is 0.350. The second kappa shape index (κ2) is 13.8. The Bertz CT molecular complexity index is 1640. The van der Waals surface area contributed by atoms with Gasteiger partial charge in [0, 0.05) is 51.0 Å². The van der Waals surface area contributed by atoms with Crippen molar-refractivity contribution in [1.29, 1.82) is 0 Å². The second-order valence-electron chi connectivity index (χ2n) is 12.6. The number of rotatable bonds is 14. The van der Waals surface area contributed by atoms with E-state index in [4.69, 9.17) is 0 Å². The molecule has 0 N–H and O–H groups in total. The van der Waals surface area contributed by atoms with Crippen LogP contribution >= 0.6 is 0 Å². The van der Waals surface area contributed by atoms with Crippen molar-refractivity contribution in [2.75, 3.05) is 13.1 Å². The van der Waals surface area contributed by atoms with Gasteiger partial charge in [0.05, 0.1) is 22.5 Å². The van der Waals surface area contributed by atoms with Crippen LogP contribution in [0.3, 0.4) is 0 Å². The highest BCUT2D eigenvalue weighted by Gasteiger charge is 2.48. The van der Waals surface area contributed by atoms with Crippen molar-refractivity contribution >= 4 is 23.2 Å². The van der Waals surface area contributed by atoms with E-state index >= 15 is 0 Å². The zero-order valence-corrected chi connectivity index (χ0v) is 27.8. The van der Waals surface area contributed by atoms with Gasteiger partial charge in [-0.1, -0.05) is 101 Å². The summed E-state index contributed by atoms with van der Waals surface area (Å²) in [6, 6.07) is 25.0. The monoisotopic (exact) mass is 614 g/mol. The maximum absolute atomic E-state index is 14.5. The first-order valence-electron chi connectivity index (χ1n) is 17.0. The van der Waals surface area contributed by atoms with Crippen molar-refractivity contribution in [2.24, 2.45) is 14.1 Å². The average molecular weight is 615 g/mol. The molecule has 2 aliphatic heterocycles. The van der Waals surface area contributed by atoms with Gasteiger partial charge in [0.15, 0.2) is 0 Å². The van der Waals surface area contributed by atoms with E-state index in [0.717, 1.165) is 96.4 Å². The first-order valence-corrected chi connectivity index (χ1v) is 17.0. The minimum absolute atomic E-state index is 0.0565. The predicted octanol–water partition coefficient (Wildman–Crippen LogP) is 8.67. The Morgan fingerprint density at radius 1 is 0.478 bits per heavy atom. The summed E-state index contributed by atoms with van der Waals surface area (Å²) in [5.74, 6) is -0.113. The van der Waals surface area contributed by atoms with E-state index in [0.29, 0.717) is 24.2 Å². The van der Waals surface area contributed by atoms with Gasteiger partial charge < -0.3 is 18.9 Å². The molecule has 2 aromatic heterocycles. The molecule has 4 aromatic rings. The highest BCUT2D eigenvalue weighted by atomic mass is 16.2. The summed E-state index contributed by atoms with van der Waals surface area (Å²) in [4.78, 5) is 32.8. The smallest absolute Gasteiger partial charge is 0.261 e. The molecule has 46 heavy (non-hydrogen) atoms. The number of carbonyl (C=O) groups excluding carboxylic acids is 2. The molecule has 6 nitrogen and oxygen atoms in total. The highest BCUT2D eigenvalue weighted by molar-refractivity contribution is 6.30. The van der Waals surface area contributed by atoms with Gasteiger partial charge >= 0.3 is 0 Å². The molecule has 4 heterocycles. The molecule has 2 amide bonds. The third kappa shape index (κ3) is 5.89. The highest BCUT2D eigenvalue weighted by Crippen LogP contribution is 2.47. The van der Waals surface area contributed by atoms with E-state index in [2.05, 4.69) is 83.6 Å². The fourth-order valence-electron chi connectivity index (χ4n) is 6.94. The number of aryl methyl sites for hydroxylation is 2. The summed E-state index contributed by atoms with van der Waals surface area (Å²) >= 11 is 0. The maximum atomic E-state index is 14.5. The number of nitrogens with zero attached hydrogens (tertiary/aromatic N) is 4. The van der Waals surface area contributed by atoms with Gasteiger partial charge in [0.2, 0.25) is 0 Å². The van der Waals surface area contributed by atoms with Crippen LogP contribution in [-0.4, -0.2) is 43.8 Å². The average Bonchev–Trinajstić information content (AvgIpc) is 3.83. The second-order valence-corrected chi connectivity index (χ2v) is 12.6.